The van der Waals surface area contributed by atoms with Crippen molar-refractivity contribution in [2.24, 2.45) is 10.9 Å². The smallest absolute Gasteiger partial charge is 0.0649 e. The van der Waals surface area contributed by atoms with Gasteiger partial charge in [-0.15, -0.1) is 13.2 Å². The molecule has 58 heavy (non-hydrogen) atoms. The van der Waals surface area contributed by atoms with Gasteiger partial charge in [0.15, 0.2) is 0 Å². The highest BCUT2D eigenvalue weighted by Gasteiger charge is 2.17. The maximum Gasteiger partial charge on any atom is 0.0649 e. The quantitative estimate of drug-likeness (QED) is 0.155. The average molecular weight is 760 g/mol. The predicted octanol–water partition coefficient (Wildman–Crippen LogP) is 15.7. The first kappa shape index (κ1) is 43.1. The molecule has 294 valence electrons. The molecule has 0 N–H and O–H groups in total. The summed E-state index contributed by atoms with van der Waals surface area (Å²) < 4.78 is 0. The fourth-order valence-electron chi connectivity index (χ4n) is 7.82. The highest BCUT2D eigenvalue weighted by atomic mass is 14.7. The summed E-state index contributed by atoms with van der Waals surface area (Å²) in [7, 11) is 1.86. The summed E-state index contributed by atoms with van der Waals surface area (Å²) in [5, 5.41) is 2.49. The molecule has 2 aliphatic rings. The van der Waals surface area contributed by atoms with Crippen LogP contribution in [0.3, 0.4) is 0 Å². The number of aryl methyl sites for hydroxylation is 3. The van der Waals surface area contributed by atoms with Crippen molar-refractivity contribution in [2.45, 2.75) is 67.7 Å². The Hall–Kier alpha value is -6.05. The summed E-state index contributed by atoms with van der Waals surface area (Å²) in [6.45, 7) is 23.8. The monoisotopic (exact) mass is 759 g/mol. The number of nitrogens with zero attached hydrogens (tertiary/aromatic N) is 1. The molecule has 6 aromatic carbocycles. The number of allylic oxidation sites excluding steroid dienone is 7. The molecule has 0 heterocycles. The van der Waals surface area contributed by atoms with E-state index in [1.807, 2.05) is 13.1 Å². The van der Waals surface area contributed by atoms with Crippen molar-refractivity contribution in [3.05, 3.63) is 227 Å². The van der Waals surface area contributed by atoms with Crippen LogP contribution in [0.5, 0.6) is 0 Å². The zero-order valence-electron chi connectivity index (χ0n) is 36.2. The van der Waals surface area contributed by atoms with E-state index in [0.29, 0.717) is 5.92 Å². The summed E-state index contributed by atoms with van der Waals surface area (Å²) >= 11 is 0. The van der Waals surface area contributed by atoms with Gasteiger partial charge in [-0.3, -0.25) is 4.99 Å². The topological polar surface area (TPSA) is 12.4 Å². The molecule has 1 nitrogen and oxygen atoms in total. The molecule has 0 spiro atoms. The lowest BCUT2D eigenvalue weighted by molar-refractivity contribution is 0.533. The molecule has 0 saturated carbocycles. The Morgan fingerprint density at radius 1 is 0.586 bits per heavy atom. The average Bonchev–Trinajstić information content (AvgIpc) is 3.54. The van der Waals surface area contributed by atoms with Crippen LogP contribution in [0, 0.1) is 26.7 Å². The molecule has 6 aromatic rings. The Bertz CT molecular complexity index is 2480. The largest absolute Gasteiger partial charge is 0.288 e. The molecule has 1 atom stereocenters. The normalized spacial score (nSPS) is 14.8. The minimum atomic E-state index is 0.672. The summed E-state index contributed by atoms with van der Waals surface area (Å²) in [6.07, 6.45) is 9.55. The van der Waals surface area contributed by atoms with E-state index in [1.54, 1.807) is 0 Å². The third kappa shape index (κ3) is 10.5. The number of aliphatic imine (C=N–C) groups is 1. The zero-order valence-corrected chi connectivity index (χ0v) is 36.2. The predicted molar refractivity (Wildman–Crippen MR) is 257 cm³/mol. The van der Waals surface area contributed by atoms with Crippen LogP contribution in [0.2, 0.25) is 0 Å². The minimum Gasteiger partial charge on any atom is -0.288 e. The summed E-state index contributed by atoms with van der Waals surface area (Å²) in [6, 6.07) is 48.2. The maximum absolute atomic E-state index is 4.57. The van der Waals surface area contributed by atoms with Crippen LogP contribution in [-0.4, -0.2) is 12.8 Å². The molecular formula is C57H61N. The fourth-order valence-corrected chi connectivity index (χ4v) is 7.82. The number of fused-ring (bicyclic) bond motifs is 2. The second kappa shape index (κ2) is 20.4. The molecule has 8 rings (SSSR count). The van der Waals surface area contributed by atoms with Crippen molar-refractivity contribution in [3.63, 3.8) is 0 Å². The minimum absolute atomic E-state index is 0.672. The van der Waals surface area contributed by atoms with Crippen LogP contribution in [0.25, 0.3) is 33.0 Å². The van der Waals surface area contributed by atoms with Gasteiger partial charge in [-0.05, 0) is 131 Å². The SMILES string of the molecule is C=C.CC1=C(C)c2ccccc2C1.CN=C1C=CC=C/C1=C(/c1ccc(-c2cc(C)cc(C)c2)cc1)c1ccc2ccccc2c1.Cc1ccccc1C(C)C(C)C. The number of hydrogen-bond acceptors (Lipinski definition) is 1. The first-order valence-corrected chi connectivity index (χ1v) is 20.6. The van der Waals surface area contributed by atoms with Gasteiger partial charge < -0.3 is 0 Å². The molecule has 0 bridgehead atoms. The van der Waals surface area contributed by atoms with Gasteiger partial charge in [0, 0.05) is 12.6 Å². The van der Waals surface area contributed by atoms with Gasteiger partial charge in [0.25, 0.3) is 0 Å². The molecule has 1 heteroatoms. The number of hydrogen-bond donors (Lipinski definition) is 0. The van der Waals surface area contributed by atoms with Gasteiger partial charge >= 0.3 is 0 Å². The van der Waals surface area contributed by atoms with Crippen LogP contribution in [0.4, 0.5) is 0 Å². The van der Waals surface area contributed by atoms with E-state index in [-0.39, 0.29) is 0 Å². The van der Waals surface area contributed by atoms with E-state index in [4.69, 9.17) is 0 Å². The van der Waals surface area contributed by atoms with E-state index in [0.717, 1.165) is 23.6 Å². The van der Waals surface area contributed by atoms with Crippen molar-refractivity contribution in [1.82, 2.24) is 0 Å². The van der Waals surface area contributed by atoms with Gasteiger partial charge in [0.05, 0.1) is 5.71 Å². The number of benzene rings is 6. The lowest BCUT2D eigenvalue weighted by Gasteiger charge is -2.17. The second-order valence-corrected chi connectivity index (χ2v) is 15.8. The van der Waals surface area contributed by atoms with Gasteiger partial charge in [-0.25, -0.2) is 0 Å². The third-order valence-electron chi connectivity index (χ3n) is 11.4. The Morgan fingerprint density at radius 2 is 1.19 bits per heavy atom. The van der Waals surface area contributed by atoms with Crippen molar-refractivity contribution < 1.29 is 0 Å². The van der Waals surface area contributed by atoms with Gasteiger partial charge in [0.2, 0.25) is 0 Å². The van der Waals surface area contributed by atoms with Gasteiger partial charge in [-0.2, -0.15) is 0 Å². The highest BCUT2D eigenvalue weighted by Crippen LogP contribution is 2.34. The van der Waals surface area contributed by atoms with Crippen molar-refractivity contribution >= 4 is 27.6 Å². The van der Waals surface area contributed by atoms with E-state index < -0.39 is 0 Å². The van der Waals surface area contributed by atoms with E-state index in [1.165, 1.54) is 83.1 Å². The van der Waals surface area contributed by atoms with Gasteiger partial charge in [0.1, 0.15) is 0 Å². The van der Waals surface area contributed by atoms with E-state index >= 15 is 0 Å². The first-order chi connectivity index (χ1) is 28.0. The Kier molecular flexibility index (Phi) is 15.1. The summed E-state index contributed by atoms with van der Waals surface area (Å²) in [5.41, 5.74) is 19.6. The van der Waals surface area contributed by atoms with Crippen molar-refractivity contribution in [3.8, 4) is 11.1 Å². The molecule has 0 fully saturated rings. The molecule has 0 radical (unpaired) electrons. The van der Waals surface area contributed by atoms with Crippen LogP contribution in [0.1, 0.15) is 85.0 Å². The Morgan fingerprint density at radius 3 is 1.84 bits per heavy atom. The van der Waals surface area contributed by atoms with Crippen molar-refractivity contribution in [2.75, 3.05) is 7.05 Å². The lowest BCUT2D eigenvalue weighted by Crippen LogP contribution is -2.05. The molecule has 2 aliphatic carbocycles. The molecule has 0 amide bonds. The molecular weight excluding hydrogens is 699 g/mol. The van der Waals surface area contributed by atoms with Crippen LogP contribution in [0.15, 0.2) is 187 Å². The van der Waals surface area contributed by atoms with Gasteiger partial charge in [-0.1, -0.05) is 183 Å². The van der Waals surface area contributed by atoms with Crippen molar-refractivity contribution in [1.29, 1.82) is 0 Å². The molecule has 1 unspecified atom stereocenters. The zero-order chi connectivity index (χ0) is 41.8. The standard InChI is InChI=1S/C32H27N.C12H18.C11H12.C2H4/c1-22-18-23(2)20-29(19-22)25-12-15-26(16-13-25)32(30-10-6-7-11-31(30)33-3)28-17-14-24-8-4-5-9-27(24)21-28;1-9(2)11(4)12-8-6-5-7-10(12)3;1-8-7-10-5-3-4-6-11(10)9(8)2;1-2/h4-21H,1-3H3;5-9,11H,1-4H3;3-6H,7H2,1-2H3;1-2H2/b32-30+,33-31?;;;. The summed E-state index contributed by atoms with van der Waals surface area (Å²) in [4.78, 5) is 4.57. The molecule has 0 saturated heterocycles. The summed E-state index contributed by atoms with van der Waals surface area (Å²) in [5.74, 6) is 1.40. The Labute approximate surface area is 349 Å². The molecule has 0 aromatic heterocycles. The third-order valence-corrected chi connectivity index (χ3v) is 11.4. The molecule has 0 aliphatic heterocycles. The van der Waals surface area contributed by atoms with Crippen LogP contribution >= 0.6 is 0 Å². The second-order valence-electron chi connectivity index (χ2n) is 15.8. The fraction of sp³-hybridized carbons (Fsp3) is 0.211. The Balaban J connectivity index is 0.000000208. The highest BCUT2D eigenvalue weighted by molar-refractivity contribution is 6.18. The van der Waals surface area contributed by atoms with Crippen LogP contribution < -0.4 is 0 Å². The lowest BCUT2D eigenvalue weighted by atomic mass is 9.87. The van der Waals surface area contributed by atoms with E-state index in [2.05, 4.69) is 225 Å². The van der Waals surface area contributed by atoms with Crippen LogP contribution in [-0.2, 0) is 6.42 Å². The maximum atomic E-state index is 4.57. The number of rotatable bonds is 5. The van der Waals surface area contributed by atoms with E-state index in [9.17, 15) is 0 Å². The first-order valence-electron chi connectivity index (χ1n) is 20.6.